The normalized spacial score (nSPS) is 20.8. The van der Waals surface area contributed by atoms with E-state index in [1.807, 2.05) is 24.3 Å². The Hall–Kier alpha value is -1.96. The Balaban J connectivity index is 1.52. The average molecular weight is 375 g/mol. The fourth-order valence-electron chi connectivity index (χ4n) is 3.28. The summed E-state index contributed by atoms with van der Waals surface area (Å²) in [6.07, 6.45) is 3.72. The lowest BCUT2D eigenvalue weighted by Crippen LogP contribution is -2.41. The molecule has 7 heteroatoms. The van der Waals surface area contributed by atoms with Crippen LogP contribution < -0.4 is 15.8 Å². The van der Waals surface area contributed by atoms with Gasteiger partial charge in [-0.15, -0.1) is 0 Å². The molecule has 1 aliphatic rings. The van der Waals surface area contributed by atoms with Gasteiger partial charge in [0.15, 0.2) is 0 Å². The summed E-state index contributed by atoms with van der Waals surface area (Å²) in [5, 5.41) is 4.81. The van der Waals surface area contributed by atoms with E-state index in [1.54, 1.807) is 18.2 Å². The fraction of sp³-hybridized carbons (Fsp3) is 0.421. The molecule has 0 spiro atoms. The number of nitrogens with two attached hydrogens (primary N) is 1. The number of hydrogen-bond donors (Lipinski definition) is 3. The first kappa shape index (κ1) is 18.8. The van der Waals surface area contributed by atoms with E-state index in [9.17, 15) is 13.2 Å². The SMILES string of the molecule is NC1CCC(NC(=O)CCNS(=O)(=O)c2ccc3ccccc3c2)CC1. The van der Waals surface area contributed by atoms with Crippen molar-refractivity contribution in [1.82, 2.24) is 10.0 Å². The molecule has 0 atom stereocenters. The molecule has 0 radical (unpaired) electrons. The lowest BCUT2D eigenvalue weighted by molar-refractivity contribution is -0.121. The van der Waals surface area contributed by atoms with E-state index >= 15 is 0 Å². The van der Waals surface area contributed by atoms with Gasteiger partial charge in [0.2, 0.25) is 15.9 Å². The van der Waals surface area contributed by atoms with E-state index < -0.39 is 10.0 Å². The third-order valence-electron chi connectivity index (χ3n) is 4.81. The van der Waals surface area contributed by atoms with Crippen LogP contribution >= 0.6 is 0 Å². The second-order valence-electron chi connectivity index (χ2n) is 6.84. The molecule has 0 aromatic heterocycles. The predicted molar refractivity (Wildman–Crippen MR) is 102 cm³/mol. The van der Waals surface area contributed by atoms with E-state index in [0.29, 0.717) is 0 Å². The topological polar surface area (TPSA) is 101 Å². The van der Waals surface area contributed by atoms with Crippen molar-refractivity contribution < 1.29 is 13.2 Å². The van der Waals surface area contributed by atoms with Crippen molar-refractivity contribution in [3.05, 3.63) is 42.5 Å². The Kier molecular flexibility index (Phi) is 5.90. The molecule has 1 saturated carbocycles. The molecule has 2 aromatic carbocycles. The number of sulfonamides is 1. The van der Waals surface area contributed by atoms with Gasteiger partial charge in [0.05, 0.1) is 4.90 Å². The van der Waals surface area contributed by atoms with Crippen LogP contribution in [0.2, 0.25) is 0 Å². The second-order valence-corrected chi connectivity index (χ2v) is 8.60. The molecular formula is C19H25N3O3S. The molecule has 2 aromatic rings. The zero-order chi connectivity index (χ0) is 18.6. The Morgan fingerprint density at radius 2 is 1.73 bits per heavy atom. The largest absolute Gasteiger partial charge is 0.353 e. The quantitative estimate of drug-likeness (QED) is 0.718. The van der Waals surface area contributed by atoms with Crippen molar-refractivity contribution in [1.29, 1.82) is 0 Å². The summed E-state index contributed by atoms with van der Waals surface area (Å²) in [5.41, 5.74) is 5.86. The maximum atomic E-state index is 12.4. The van der Waals surface area contributed by atoms with Crippen molar-refractivity contribution in [2.24, 2.45) is 5.73 Å². The Labute approximate surface area is 154 Å². The van der Waals surface area contributed by atoms with Crippen LogP contribution in [0.4, 0.5) is 0 Å². The van der Waals surface area contributed by atoms with Crippen LogP contribution in [0.3, 0.4) is 0 Å². The predicted octanol–water partition coefficient (Wildman–Crippen LogP) is 1.89. The highest BCUT2D eigenvalue weighted by Gasteiger charge is 2.20. The highest BCUT2D eigenvalue weighted by molar-refractivity contribution is 7.89. The first-order valence-electron chi connectivity index (χ1n) is 8.97. The molecule has 140 valence electrons. The summed E-state index contributed by atoms with van der Waals surface area (Å²) in [4.78, 5) is 12.2. The number of rotatable bonds is 6. The molecule has 6 nitrogen and oxygen atoms in total. The van der Waals surface area contributed by atoms with Gasteiger partial charge in [-0.2, -0.15) is 0 Å². The molecule has 1 aliphatic carbocycles. The van der Waals surface area contributed by atoms with Crippen molar-refractivity contribution in [3.63, 3.8) is 0 Å². The first-order valence-corrected chi connectivity index (χ1v) is 10.5. The molecule has 0 heterocycles. The Bertz CT molecular complexity index is 874. The van der Waals surface area contributed by atoms with Gasteiger partial charge >= 0.3 is 0 Å². The number of fused-ring (bicyclic) bond motifs is 1. The van der Waals surface area contributed by atoms with Crippen LogP contribution in [0.25, 0.3) is 10.8 Å². The summed E-state index contributed by atoms with van der Waals surface area (Å²) in [6.45, 7) is 0.0766. The van der Waals surface area contributed by atoms with Crippen molar-refractivity contribution in [3.8, 4) is 0 Å². The van der Waals surface area contributed by atoms with Crippen LogP contribution in [0.1, 0.15) is 32.1 Å². The molecule has 0 aliphatic heterocycles. The molecular weight excluding hydrogens is 350 g/mol. The Morgan fingerprint density at radius 1 is 1.04 bits per heavy atom. The van der Waals surface area contributed by atoms with E-state index in [1.165, 1.54) is 0 Å². The summed E-state index contributed by atoms with van der Waals surface area (Å²) in [6, 6.07) is 13.0. The number of hydrogen-bond acceptors (Lipinski definition) is 4. The maximum Gasteiger partial charge on any atom is 0.240 e. The van der Waals surface area contributed by atoms with Gasteiger partial charge in [-0.3, -0.25) is 4.79 Å². The Morgan fingerprint density at radius 3 is 2.46 bits per heavy atom. The number of carbonyl (C=O) groups excluding carboxylic acids is 1. The molecule has 0 bridgehead atoms. The van der Waals surface area contributed by atoms with E-state index in [-0.39, 0.29) is 35.9 Å². The zero-order valence-corrected chi connectivity index (χ0v) is 15.5. The second kappa shape index (κ2) is 8.16. The van der Waals surface area contributed by atoms with Gasteiger partial charge < -0.3 is 11.1 Å². The number of carbonyl (C=O) groups is 1. The minimum absolute atomic E-state index is 0.0766. The smallest absolute Gasteiger partial charge is 0.240 e. The summed E-state index contributed by atoms with van der Waals surface area (Å²) >= 11 is 0. The lowest BCUT2D eigenvalue weighted by atomic mass is 9.92. The minimum atomic E-state index is -3.63. The first-order chi connectivity index (χ1) is 12.4. The number of amides is 1. The summed E-state index contributed by atoms with van der Waals surface area (Å²) < 4.78 is 27.4. The third kappa shape index (κ3) is 4.81. The zero-order valence-electron chi connectivity index (χ0n) is 14.6. The molecule has 0 saturated heterocycles. The van der Waals surface area contributed by atoms with Crippen molar-refractivity contribution in [2.75, 3.05) is 6.54 Å². The highest BCUT2D eigenvalue weighted by Crippen LogP contribution is 2.19. The van der Waals surface area contributed by atoms with Gasteiger partial charge in [-0.05, 0) is 48.6 Å². The number of nitrogens with one attached hydrogen (secondary N) is 2. The highest BCUT2D eigenvalue weighted by atomic mass is 32.2. The molecule has 4 N–H and O–H groups in total. The molecule has 1 fully saturated rings. The monoisotopic (exact) mass is 375 g/mol. The molecule has 3 rings (SSSR count). The van der Waals surface area contributed by atoms with Crippen LogP contribution in [0.5, 0.6) is 0 Å². The van der Waals surface area contributed by atoms with Crippen LogP contribution in [-0.4, -0.2) is 33.0 Å². The maximum absolute atomic E-state index is 12.4. The fourth-order valence-corrected chi connectivity index (χ4v) is 4.35. The van der Waals surface area contributed by atoms with Gasteiger partial charge in [-0.1, -0.05) is 30.3 Å². The van der Waals surface area contributed by atoms with Crippen molar-refractivity contribution >= 4 is 26.7 Å². The summed E-state index contributed by atoms with van der Waals surface area (Å²) in [7, 11) is -3.63. The van der Waals surface area contributed by atoms with Crippen molar-refractivity contribution in [2.45, 2.75) is 49.1 Å². The molecule has 26 heavy (non-hydrogen) atoms. The van der Waals surface area contributed by atoms with Gasteiger partial charge in [0.25, 0.3) is 0 Å². The molecule has 0 unspecified atom stereocenters. The van der Waals surface area contributed by atoms with Crippen LogP contribution in [0, 0.1) is 0 Å². The van der Waals surface area contributed by atoms with Gasteiger partial charge in [0, 0.05) is 25.0 Å². The van der Waals surface area contributed by atoms with E-state index in [4.69, 9.17) is 5.73 Å². The van der Waals surface area contributed by atoms with Gasteiger partial charge in [-0.25, -0.2) is 13.1 Å². The average Bonchev–Trinajstić information content (AvgIpc) is 2.63. The molecule has 1 amide bonds. The van der Waals surface area contributed by atoms with Crippen LogP contribution in [-0.2, 0) is 14.8 Å². The van der Waals surface area contributed by atoms with E-state index in [0.717, 1.165) is 36.5 Å². The van der Waals surface area contributed by atoms with E-state index in [2.05, 4.69) is 10.0 Å². The summed E-state index contributed by atoms with van der Waals surface area (Å²) in [5.74, 6) is -0.133. The standard InChI is InChI=1S/C19H25N3O3S/c20-16-6-8-17(9-7-16)22-19(23)11-12-21-26(24,25)18-10-5-14-3-1-2-4-15(14)13-18/h1-5,10,13,16-17,21H,6-9,11-12,20H2,(H,22,23). The number of benzene rings is 2. The minimum Gasteiger partial charge on any atom is -0.353 e. The lowest BCUT2D eigenvalue weighted by Gasteiger charge is -2.26. The van der Waals surface area contributed by atoms with Crippen LogP contribution in [0.15, 0.2) is 47.4 Å². The third-order valence-corrected chi connectivity index (χ3v) is 6.27. The van der Waals surface area contributed by atoms with Gasteiger partial charge in [0.1, 0.15) is 0 Å².